The molecule has 0 aliphatic carbocycles. The maximum Gasteiger partial charge on any atom is 0.269 e. The number of halogens is 1. The first-order valence-electron chi connectivity index (χ1n) is 8.99. The van der Waals surface area contributed by atoms with Crippen LogP contribution >= 0.6 is 11.6 Å². The van der Waals surface area contributed by atoms with E-state index in [0.717, 1.165) is 28.6 Å². The number of nitrogens with zero attached hydrogens (tertiary/aromatic N) is 1. The van der Waals surface area contributed by atoms with E-state index in [-0.39, 0.29) is 11.9 Å². The predicted octanol–water partition coefficient (Wildman–Crippen LogP) is 4.48. The van der Waals surface area contributed by atoms with Crippen molar-refractivity contribution in [3.63, 3.8) is 0 Å². The van der Waals surface area contributed by atoms with E-state index in [1.165, 1.54) is 0 Å². The summed E-state index contributed by atoms with van der Waals surface area (Å²) in [7, 11) is 1.85. The lowest BCUT2D eigenvalue weighted by Crippen LogP contribution is -2.28. The van der Waals surface area contributed by atoms with Crippen molar-refractivity contribution in [3.05, 3.63) is 58.7 Å². The molecule has 0 spiro atoms. The van der Waals surface area contributed by atoms with Crippen LogP contribution in [0.15, 0.2) is 42.5 Å². The Morgan fingerprint density at radius 2 is 1.89 bits per heavy atom. The zero-order valence-electron chi connectivity index (χ0n) is 15.3. The number of amides is 1. The van der Waals surface area contributed by atoms with Gasteiger partial charge in [-0.25, -0.2) is 0 Å². The number of hydrogen-bond donors (Lipinski definition) is 1. The van der Waals surface area contributed by atoms with Crippen molar-refractivity contribution < 1.29 is 14.3 Å². The van der Waals surface area contributed by atoms with Crippen LogP contribution in [0.3, 0.4) is 0 Å². The molecule has 0 saturated carbocycles. The van der Waals surface area contributed by atoms with Gasteiger partial charge in [-0.2, -0.15) is 0 Å². The van der Waals surface area contributed by atoms with Crippen LogP contribution in [0.4, 0.5) is 0 Å². The second kappa shape index (κ2) is 7.16. The molecule has 2 aromatic carbocycles. The normalized spacial score (nSPS) is 14.6. The minimum absolute atomic E-state index is 0.205. The topological polar surface area (TPSA) is 52.5 Å². The average Bonchev–Trinajstić information content (AvgIpc) is 2.82. The molecule has 4 rings (SSSR count). The van der Waals surface area contributed by atoms with Crippen LogP contribution in [-0.4, -0.2) is 23.7 Å². The molecule has 0 saturated heterocycles. The summed E-state index contributed by atoms with van der Waals surface area (Å²) in [5.74, 6) is 1.25. The van der Waals surface area contributed by atoms with Crippen molar-refractivity contribution in [2.45, 2.75) is 19.4 Å². The first-order valence-corrected chi connectivity index (χ1v) is 9.37. The molecular weight excluding hydrogens is 364 g/mol. The first-order chi connectivity index (χ1) is 13.1. The third-order valence-corrected chi connectivity index (χ3v) is 5.26. The fraction of sp³-hybridized carbons (Fsp3) is 0.286. The molecule has 27 heavy (non-hydrogen) atoms. The number of ether oxygens (including phenoxy) is 2. The van der Waals surface area contributed by atoms with E-state index in [1.807, 2.05) is 61.0 Å². The molecule has 1 N–H and O–H groups in total. The predicted molar refractivity (Wildman–Crippen MR) is 106 cm³/mol. The van der Waals surface area contributed by atoms with Crippen molar-refractivity contribution in [1.82, 2.24) is 9.88 Å². The molecule has 1 aliphatic rings. The standard InChI is InChI=1S/C21H21ClN2O3/c1-13(14-8-9-17-18(12-14)27-11-5-10-26-17)23-21(25)20-19(22)15-6-3-4-7-16(15)24(20)2/h3-4,6-9,12-13H,5,10-11H2,1-2H3,(H,23,25). The highest BCUT2D eigenvalue weighted by atomic mass is 35.5. The number of para-hydroxylation sites is 1. The Labute approximate surface area is 162 Å². The molecule has 0 radical (unpaired) electrons. The van der Waals surface area contributed by atoms with Gasteiger partial charge in [0.2, 0.25) is 0 Å². The van der Waals surface area contributed by atoms with Crippen molar-refractivity contribution in [1.29, 1.82) is 0 Å². The molecule has 1 aromatic heterocycles. The van der Waals surface area contributed by atoms with Crippen LogP contribution in [0.25, 0.3) is 10.9 Å². The molecule has 0 fully saturated rings. The highest BCUT2D eigenvalue weighted by Crippen LogP contribution is 2.33. The second-order valence-electron chi connectivity index (χ2n) is 6.69. The largest absolute Gasteiger partial charge is 0.490 e. The minimum atomic E-state index is -0.210. The van der Waals surface area contributed by atoms with Crippen LogP contribution in [0.5, 0.6) is 11.5 Å². The summed E-state index contributed by atoms with van der Waals surface area (Å²) in [5, 5.41) is 4.38. The number of carbonyl (C=O) groups excluding carboxylic acids is 1. The molecule has 1 atom stereocenters. The van der Waals surface area contributed by atoms with Gasteiger partial charge in [-0.3, -0.25) is 4.79 Å². The van der Waals surface area contributed by atoms with E-state index in [2.05, 4.69) is 5.32 Å². The molecule has 1 aliphatic heterocycles. The number of carbonyl (C=O) groups is 1. The highest BCUT2D eigenvalue weighted by molar-refractivity contribution is 6.38. The first kappa shape index (κ1) is 17.7. The van der Waals surface area contributed by atoms with Gasteiger partial charge in [0.25, 0.3) is 5.91 Å². The van der Waals surface area contributed by atoms with Crippen LogP contribution < -0.4 is 14.8 Å². The lowest BCUT2D eigenvalue weighted by atomic mass is 10.1. The molecule has 3 aromatic rings. The Morgan fingerprint density at radius 3 is 2.67 bits per heavy atom. The van der Waals surface area contributed by atoms with Gasteiger partial charge in [0.05, 0.1) is 24.3 Å². The van der Waals surface area contributed by atoms with Gasteiger partial charge in [-0.05, 0) is 30.7 Å². The fourth-order valence-electron chi connectivity index (χ4n) is 3.40. The van der Waals surface area contributed by atoms with Crippen molar-refractivity contribution in [2.24, 2.45) is 7.05 Å². The van der Waals surface area contributed by atoms with Crippen molar-refractivity contribution >= 4 is 28.4 Å². The second-order valence-corrected chi connectivity index (χ2v) is 7.07. The number of hydrogen-bond acceptors (Lipinski definition) is 3. The number of fused-ring (bicyclic) bond motifs is 2. The number of rotatable bonds is 3. The Kier molecular flexibility index (Phi) is 4.70. The van der Waals surface area contributed by atoms with Crippen LogP contribution in [0.2, 0.25) is 5.02 Å². The van der Waals surface area contributed by atoms with Gasteiger partial charge in [-0.1, -0.05) is 35.9 Å². The van der Waals surface area contributed by atoms with Gasteiger partial charge < -0.3 is 19.4 Å². The summed E-state index contributed by atoms with van der Waals surface area (Å²) >= 11 is 6.48. The molecule has 140 valence electrons. The maximum absolute atomic E-state index is 12.9. The summed E-state index contributed by atoms with van der Waals surface area (Å²) in [4.78, 5) is 12.9. The molecule has 5 nitrogen and oxygen atoms in total. The third kappa shape index (κ3) is 3.23. The van der Waals surface area contributed by atoms with E-state index in [0.29, 0.717) is 29.7 Å². The summed E-state index contributed by atoms with van der Waals surface area (Å²) in [6.07, 6.45) is 0.857. The Bertz CT molecular complexity index is 973. The zero-order chi connectivity index (χ0) is 19.0. The fourth-order valence-corrected chi connectivity index (χ4v) is 3.77. The quantitative estimate of drug-likeness (QED) is 0.724. The van der Waals surface area contributed by atoms with Crippen LogP contribution in [-0.2, 0) is 7.05 Å². The summed E-state index contributed by atoms with van der Waals surface area (Å²) < 4.78 is 13.2. The maximum atomic E-state index is 12.9. The van der Waals surface area contributed by atoms with Crippen LogP contribution in [0.1, 0.15) is 35.4 Å². The van der Waals surface area contributed by atoms with Crippen LogP contribution in [0, 0.1) is 0 Å². The number of benzene rings is 2. The SMILES string of the molecule is CC(NC(=O)c1c(Cl)c2ccccc2n1C)c1ccc2c(c1)OCCCO2. The average molecular weight is 385 g/mol. The monoisotopic (exact) mass is 384 g/mol. The molecule has 2 heterocycles. The lowest BCUT2D eigenvalue weighted by molar-refractivity contribution is 0.0932. The van der Waals surface area contributed by atoms with Gasteiger partial charge in [0.15, 0.2) is 11.5 Å². The lowest BCUT2D eigenvalue weighted by Gasteiger charge is -2.17. The molecular formula is C21H21ClN2O3. The molecule has 0 bridgehead atoms. The third-order valence-electron chi connectivity index (χ3n) is 4.88. The zero-order valence-corrected chi connectivity index (χ0v) is 16.0. The molecule has 6 heteroatoms. The number of aromatic nitrogens is 1. The van der Waals surface area contributed by atoms with E-state index in [1.54, 1.807) is 0 Å². The molecule has 1 amide bonds. The van der Waals surface area contributed by atoms with Crippen molar-refractivity contribution in [3.8, 4) is 11.5 Å². The molecule has 1 unspecified atom stereocenters. The van der Waals surface area contributed by atoms with Gasteiger partial charge in [-0.15, -0.1) is 0 Å². The summed E-state index contributed by atoms with van der Waals surface area (Å²) in [6.45, 7) is 3.22. The van der Waals surface area contributed by atoms with E-state index < -0.39 is 0 Å². The van der Waals surface area contributed by atoms with Gasteiger partial charge in [0.1, 0.15) is 5.69 Å². The van der Waals surface area contributed by atoms with E-state index >= 15 is 0 Å². The van der Waals surface area contributed by atoms with Gasteiger partial charge in [0, 0.05) is 24.4 Å². The number of nitrogens with one attached hydrogen (secondary N) is 1. The highest BCUT2D eigenvalue weighted by Gasteiger charge is 2.22. The Morgan fingerprint density at radius 1 is 1.15 bits per heavy atom. The van der Waals surface area contributed by atoms with E-state index in [9.17, 15) is 4.79 Å². The minimum Gasteiger partial charge on any atom is -0.490 e. The Hall–Kier alpha value is -2.66. The smallest absolute Gasteiger partial charge is 0.269 e. The van der Waals surface area contributed by atoms with E-state index in [4.69, 9.17) is 21.1 Å². The summed E-state index contributed by atoms with van der Waals surface area (Å²) in [5.41, 5.74) is 2.33. The summed E-state index contributed by atoms with van der Waals surface area (Å²) in [6, 6.07) is 13.3. The number of aryl methyl sites for hydroxylation is 1. The van der Waals surface area contributed by atoms with Gasteiger partial charge >= 0.3 is 0 Å². The Balaban J connectivity index is 1.59. The van der Waals surface area contributed by atoms with Crippen molar-refractivity contribution in [2.75, 3.05) is 13.2 Å².